The number of hydrogen-bond acceptors (Lipinski definition) is 8. The maximum atomic E-state index is 12.3. The molecule has 5 N–H and O–H groups in total. The van der Waals surface area contributed by atoms with Gasteiger partial charge in [0.2, 0.25) is 0 Å². The fourth-order valence-electron chi connectivity index (χ4n) is 4.80. The van der Waals surface area contributed by atoms with E-state index in [9.17, 15) is 9.90 Å². The third-order valence-electron chi connectivity index (χ3n) is 6.82. The number of pyridine rings is 1. The summed E-state index contributed by atoms with van der Waals surface area (Å²) >= 11 is 0. The Bertz CT molecular complexity index is 1280. The average Bonchev–Trinajstić information content (AvgIpc) is 2.87. The molecule has 2 aromatic carbocycles. The maximum absolute atomic E-state index is 12.3. The molecule has 2 atom stereocenters. The number of morpholine rings is 1. The highest BCUT2D eigenvalue weighted by Gasteiger charge is 2.30. The van der Waals surface area contributed by atoms with Gasteiger partial charge >= 0.3 is 0 Å². The van der Waals surface area contributed by atoms with E-state index < -0.39 is 5.91 Å². The van der Waals surface area contributed by atoms with Gasteiger partial charge in [0.25, 0.3) is 5.91 Å². The number of carbonyl (C=O) groups is 1. The molecule has 1 saturated heterocycles. The minimum Gasteiger partial charge on any atom is -0.493 e. The van der Waals surface area contributed by atoms with Crippen LogP contribution in [0.5, 0.6) is 11.5 Å². The topological polar surface area (TPSA) is 128 Å². The summed E-state index contributed by atoms with van der Waals surface area (Å²) in [6.07, 6.45) is 3.33. The Morgan fingerprint density at radius 2 is 2.16 bits per heavy atom. The van der Waals surface area contributed by atoms with E-state index in [2.05, 4.69) is 29.5 Å². The molecule has 2 unspecified atom stereocenters. The molecule has 198 valence electrons. The van der Waals surface area contributed by atoms with Gasteiger partial charge in [-0.2, -0.15) is 0 Å². The SMILES string of the molecule is COc1cc2c(Nc3cccc(CO)c3C)c(C(N)=O)cnc2cc1OCCCC1(C)CNCC(C)O1. The van der Waals surface area contributed by atoms with Gasteiger partial charge in [-0.3, -0.25) is 9.78 Å². The van der Waals surface area contributed by atoms with Crippen LogP contribution in [0.15, 0.2) is 36.5 Å². The second-order valence-corrected chi connectivity index (χ2v) is 9.77. The first-order valence-electron chi connectivity index (χ1n) is 12.5. The summed E-state index contributed by atoms with van der Waals surface area (Å²) in [6.45, 7) is 8.20. The van der Waals surface area contributed by atoms with E-state index in [1.165, 1.54) is 6.20 Å². The van der Waals surface area contributed by atoms with Crippen LogP contribution in [0.1, 0.15) is 48.2 Å². The average molecular weight is 509 g/mol. The maximum Gasteiger partial charge on any atom is 0.252 e. The standard InChI is InChI=1S/C28H36N4O5/c1-17-13-30-16-28(3,37-17)9-6-10-36-25-12-23-20(11-24(25)35-4)26(21(14-31-23)27(29)34)32-22-8-5-7-19(15-33)18(22)2/h5,7-8,11-12,14,17,30,33H,6,9-10,13,15-16H2,1-4H3,(H2,29,34)(H,31,32). The van der Waals surface area contributed by atoms with Gasteiger partial charge in [0.15, 0.2) is 11.5 Å². The van der Waals surface area contributed by atoms with E-state index >= 15 is 0 Å². The lowest BCUT2D eigenvalue weighted by Crippen LogP contribution is -2.51. The van der Waals surface area contributed by atoms with Gasteiger partial charge in [0.1, 0.15) is 0 Å². The molecule has 0 radical (unpaired) electrons. The van der Waals surface area contributed by atoms with E-state index in [0.29, 0.717) is 34.7 Å². The van der Waals surface area contributed by atoms with Gasteiger partial charge in [-0.1, -0.05) is 12.1 Å². The fraction of sp³-hybridized carbons (Fsp3) is 0.429. The number of nitrogens with one attached hydrogen (secondary N) is 2. The number of nitrogens with two attached hydrogens (primary N) is 1. The predicted molar refractivity (Wildman–Crippen MR) is 144 cm³/mol. The first kappa shape index (κ1) is 26.7. The zero-order valence-electron chi connectivity index (χ0n) is 21.9. The second kappa shape index (κ2) is 11.3. The van der Waals surface area contributed by atoms with E-state index in [0.717, 1.165) is 42.7 Å². The van der Waals surface area contributed by atoms with Gasteiger partial charge in [-0.05, 0) is 56.9 Å². The van der Waals surface area contributed by atoms with E-state index in [4.69, 9.17) is 19.9 Å². The number of benzene rings is 2. The molecule has 9 heteroatoms. The Kier molecular flexibility index (Phi) is 8.16. The molecule has 2 heterocycles. The monoisotopic (exact) mass is 508 g/mol. The molecule has 1 aromatic heterocycles. The van der Waals surface area contributed by atoms with Crippen LogP contribution in [0.2, 0.25) is 0 Å². The first-order valence-corrected chi connectivity index (χ1v) is 12.5. The first-order chi connectivity index (χ1) is 17.7. The van der Waals surface area contributed by atoms with E-state index in [1.807, 2.05) is 31.2 Å². The smallest absolute Gasteiger partial charge is 0.252 e. The summed E-state index contributed by atoms with van der Waals surface area (Å²) in [5, 5.41) is 17.1. The van der Waals surface area contributed by atoms with Crippen molar-refractivity contribution in [1.82, 2.24) is 10.3 Å². The van der Waals surface area contributed by atoms with Gasteiger partial charge in [-0.25, -0.2) is 0 Å². The number of aliphatic hydroxyl groups excluding tert-OH is 1. The zero-order valence-corrected chi connectivity index (χ0v) is 21.9. The lowest BCUT2D eigenvalue weighted by molar-refractivity contribution is -0.103. The lowest BCUT2D eigenvalue weighted by atomic mass is 9.98. The van der Waals surface area contributed by atoms with E-state index in [1.54, 1.807) is 13.2 Å². The molecule has 1 amide bonds. The number of anilines is 2. The molecular formula is C28H36N4O5. The van der Waals surface area contributed by atoms with Crippen LogP contribution in [-0.2, 0) is 11.3 Å². The van der Waals surface area contributed by atoms with Gasteiger partial charge in [0, 0.05) is 36.4 Å². The number of fused-ring (bicyclic) bond motifs is 1. The van der Waals surface area contributed by atoms with Crippen LogP contribution in [0, 0.1) is 6.92 Å². The van der Waals surface area contributed by atoms with Crippen LogP contribution in [0.25, 0.3) is 10.9 Å². The quantitative estimate of drug-likeness (QED) is 0.305. The van der Waals surface area contributed by atoms with Crippen molar-refractivity contribution in [2.75, 3.05) is 32.1 Å². The number of aliphatic hydroxyl groups is 1. The summed E-state index contributed by atoms with van der Waals surface area (Å²) in [6, 6.07) is 9.19. The highest BCUT2D eigenvalue weighted by Crippen LogP contribution is 2.38. The Hall–Kier alpha value is -3.40. The summed E-state index contributed by atoms with van der Waals surface area (Å²) in [7, 11) is 1.57. The number of primary amides is 1. The molecule has 4 rings (SSSR count). The molecule has 9 nitrogen and oxygen atoms in total. The number of methoxy groups -OCH3 is 1. The molecule has 3 aromatic rings. The van der Waals surface area contributed by atoms with Crippen LogP contribution in [0.3, 0.4) is 0 Å². The number of nitrogens with zero attached hydrogens (tertiary/aromatic N) is 1. The third-order valence-corrected chi connectivity index (χ3v) is 6.82. The highest BCUT2D eigenvalue weighted by atomic mass is 16.5. The number of ether oxygens (including phenoxy) is 3. The van der Waals surface area contributed by atoms with Crippen LogP contribution in [0.4, 0.5) is 11.4 Å². The Morgan fingerprint density at radius 1 is 1.35 bits per heavy atom. The van der Waals surface area contributed by atoms with E-state index in [-0.39, 0.29) is 23.9 Å². The van der Waals surface area contributed by atoms with Gasteiger partial charge in [0.05, 0.1) is 48.8 Å². The number of aromatic nitrogens is 1. The van der Waals surface area contributed by atoms with Crippen molar-refractivity contribution in [1.29, 1.82) is 0 Å². The number of amides is 1. The molecule has 1 aliphatic rings. The minimum absolute atomic E-state index is 0.0868. The Morgan fingerprint density at radius 3 is 2.86 bits per heavy atom. The van der Waals surface area contributed by atoms with Crippen LogP contribution < -0.4 is 25.8 Å². The molecular weight excluding hydrogens is 472 g/mol. The second-order valence-electron chi connectivity index (χ2n) is 9.77. The molecule has 1 aliphatic heterocycles. The molecule has 1 fully saturated rings. The minimum atomic E-state index is -0.602. The molecule has 0 spiro atoms. The number of hydrogen-bond donors (Lipinski definition) is 4. The highest BCUT2D eigenvalue weighted by molar-refractivity contribution is 6.08. The van der Waals surface area contributed by atoms with Crippen molar-refractivity contribution in [2.45, 2.75) is 51.9 Å². The summed E-state index contributed by atoms with van der Waals surface area (Å²) in [5.41, 5.74) is 9.28. The van der Waals surface area contributed by atoms with Crippen LogP contribution >= 0.6 is 0 Å². The van der Waals surface area contributed by atoms with Gasteiger partial charge in [-0.15, -0.1) is 0 Å². The summed E-state index contributed by atoms with van der Waals surface area (Å²) < 4.78 is 17.9. The molecule has 0 bridgehead atoms. The Labute approximate surface area is 217 Å². The van der Waals surface area contributed by atoms with Crippen molar-refractivity contribution in [3.63, 3.8) is 0 Å². The van der Waals surface area contributed by atoms with Crippen molar-refractivity contribution >= 4 is 28.2 Å². The third kappa shape index (κ3) is 5.95. The summed E-state index contributed by atoms with van der Waals surface area (Å²) in [5.74, 6) is 0.490. The van der Waals surface area contributed by atoms with Crippen molar-refractivity contribution < 1.29 is 24.1 Å². The zero-order chi connectivity index (χ0) is 26.6. The predicted octanol–water partition coefficient (Wildman–Crippen LogP) is 3.81. The molecule has 0 aliphatic carbocycles. The van der Waals surface area contributed by atoms with Gasteiger partial charge < -0.3 is 35.7 Å². The number of carbonyl (C=O) groups excluding carboxylic acids is 1. The summed E-state index contributed by atoms with van der Waals surface area (Å²) in [4.78, 5) is 16.7. The van der Waals surface area contributed by atoms with Crippen LogP contribution in [-0.4, -0.2) is 54.5 Å². The fourth-order valence-corrected chi connectivity index (χ4v) is 4.80. The molecule has 0 saturated carbocycles. The molecule has 37 heavy (non-hydrogen) atoms. The van der Waals surface area contributed by atoms with Crippen molar-refractivity contribution in [3.8, 4) is 11.5 Å². The lowest BCUT2D eigenvalue weighted by Gasteiger charge is -2.38. The largest absolute Gasteiger partial charge is 0.493 e. The number of rotatable bonds is 10. The Balaban J connectivity index is 1.60. The normalized spacial score (nSPS) is 19.5. The van der Waals surface area contributed by atoms with Crippen molar-refractivity contribution in [2.24, 2.45) is 5.73 Å². The van der Waals surface area contributed by atoms with Crippen molar-refractivity contribution in [3.05, 3.63) is 53.2 Å².